The van der Waals surface area contributed by atoms with Crippen LogP contribution in [0, 0.1) is 10.1 Å². The van der Waals surface area contributed by atoms with Gasteiger partial charge in [0.25, 0.3) is 5.69 Å². The van der Waals surface area contributed by atoms with Gasteiger partial charge in [0.1, 0.15) is 11.6 Å². The highest BCUT2D eigenvalue weighted by Gasteiger charge is 2.13. The Labute approximate surface area is 117 Å². The van der Waals surface area contributed by atoms with Crippen molar-refractivity contribution in [1.82, 2.24) is 4.98 Å². The van der Waals surface area contributed by atoms with Crippen LogP contribution >= 0.6 is 0 Å². The van der Waals surface area contributed by atoms with E-state index in [0.717, 1.165) is 12.1 Å². The average molecular weight is 272 g/mol. The zero-order chi connectivity index (χ0) is 14.7. The van der Waals surface area contributed by atoms with Crippen LogP contribution in [0.1, 0.15) is 12.5 Å². The van der Waals surface area contributed by atoms with Gasteiger partial charge in [0.15, 0.2) is 0 Å². The topological polar surface area (TPSA) is 85.3 Å². The minimum absolute atomic E-state index is 0.0653. The summed E-state index contributed by atoms with van der Waals surface area (Å²) < 4.78 is 0. The molecule has 1 heterocycles. The van der Waals surface area contributed by atoms with E-state index in [1.165, 1.54) is 17.7 Å². The molecule has 0 aliphatic rings. The molecule has 0 amide bonds. The molecule has 104 valence electrons. The first-order valence-corrected chi connectivity index (χ1v) is 6.26. The van der Waals surface area contributed by atoms with E-state index >= 15 is 0 Å². The standard InChI is InChI=1S/C14H16N4O2/c1-3-10-4-6-11(7-5-10)17(2)14-9-12(18(19)20)8-13(15)16-14/h4-9H,3H2,1-2H3,(H2,15,16). The summed E-state index contributed by atoms with van der Waals surface area (Å²) in [6.45, 7) is 2.08. The van der Waals surface area contributed by atoms with Crippen molar-refractivity contribution in [3.63, 3.8) is 0 Å². The lowest BCUT2D eigenvalue weighted by Gasteiger charge is -2.18. The Morgan fingerprint density at radius 3 is 2.50 bits per heavy atom. The van der Waals surface area contributed by atoms with E-state index in [4.69, 9.17) is 5.73 Å². The quantitative estimate of drug-likeness (QED) is 0.683. The van der Waals surface area contributed by atoms with Crippen molar-refractivity contribution in [2.45, 2.75) is 13.3 Å². The summed E-state index contributed by atoms with van der Waals surface area (Å²) >= 11 is 0. The SMILES string of the molecule is CCc1ccc(N(C)c2cc([N+](=O)[O-])cc(N)n2)cc1. The summed E-state index contributed by atoms with van der Waals surface area (Å²) in [7, 11) is 1.80. The van der Waals surface area contributed by atoms with E-state index in [0.29, 0.717) is 5.82 Å². The summed E-state index contributed by atoms with van der Waals surface area (Å²) in [5.74, 6) is 0.576. The van der Waals surface area contributed by atoms with Gasteiger partial charge in [-0.05, 0) is 24.1 Å². The lowest BCUT2D eigenvalue weighted by atomic mass is 10.1. The Bertz CT molecular complexity index is 626. The van der Waals surface area contributed by atoms with Gasteiger partial charge in [-0.25, -0.2) is 4.98 Å². The van der Waals surface area contributed by atoms with Crippen molar-refractivity contribution < 1.29 is 4.92 Å². The Hall–Kier alpha value is -2.63. The van der Waals surface area contributed by atoms with Crippen LogP contribution in [-0.2, 0) is 6.42 Å². The van der Waals surface area contributed by atoms with Crippen molar-refractivity contribution in [3.8, 4) is 0 Å². The van der Waals surface area contributed by atoms with Gasteiger partial charge in [-0.1, -0.05) is 19.1 Å². The van der Waals surface area contributed by atoms with E-state index in [1.54, 1.807) is 11.9 Å². The molecule has 1 aromatic carbocycles. The predicted octanol–water partition coefficient (Wildman–Crippen LogP) is 2.90. The molecule has 0 bridgehead atoms. The molecule has 0 spiro atoms. The highest BCUT2D eigenvalue weighted by Crippen LogP contribution is 2.26. The van der Waals surface area contributed by atoms with Crippen LogP contribution in [0.25, 0.3) is 0 Å². The van der Waals surface area contributed by atoms with Crippen LogP contribution < -0.4 is 10.6 Å². The summed E-state index contributed by atoms with van der Waals surface area (Å²) in [6, 6.07) is 10.6. The van der Waals surface area contributed by atoms with Crippen molar-refractivity contribution in [2.24, 2.45) is 0 Å². The average Bonchev–Trinajstić information content (AvgIpc) is 2.46. The normalized spacial score (nSPS) is 10.3. The Balaban J connectivity index is 2.36. The van der Waals surface area contributed by atoms with E-state index in [1.807, 2.05) is 24.3 Å². The van der Waals surface area contributed by atoms with E-state index in [9.17, 15) is 10.1 Å². The molecule has 0 radical (unpaired) electrons. The number of nitrogens with zero attached hydrogens (tertiary/aromatic N) is 3. The number of hydrogen-bond donors (Lipinski definition) is 1. The van der Waals surface area contributed by atoms with Crippen molar-refractivity contribution >= 4 is 23.0 Å². The molecule has 6 heteroatoms. The molecule has 2 aromatic rings. The van der Waals surface area contributed by atoms with Gasteiger partial charge in [0, 0.05) is 12.7 Å². The van der Waals surface area contributed by atoms with Gasteiger partial charge in [0.2, 0.25) is 0 Å². The van der Waals surface area contributed by atoms with E-state index in [2.05, 4.69) is 11.9 Å². The molecule has 1 aromatic heterocycles. The number of nitrogen functional groups attached to an aromatic ring is 1. The molecule has 0 aliphatic carbocycles. The number of hydrogen-bond acceptors (Lipinski definition) is 5. The third-order valence-electron chi connectivity index (χ3n) is 3.10. The van der Waals surface area contributed by atoms with Crippen LogP contribution in [0.15, 0.2) is 36.4 Å². The molecule has 2 N–H and O–H groups in total. The predicted molar refractivity (Wildman–Crippen MR) is 79.2 cm³/mol. The third kappa shape index (κ3) is 2.85. The zero-order valence-electron chi connectivity index (χ0n) is 11.4. The minimum Gasteiger partial charge on any atom is -0.383 e. The van der Waals surface area contributed by atoms with Gasteiger partial charge in [0.05, 0.1) is 17.1 Å². The second-order valence-electron chi connectivity index (χ2n) is 4.44. The fraction of sp³-hybridized carbons (Fsp3) is 0.214. The lowest BCUT2D eigenvalue weighted by Crippen LogP contribution is -2.12. The second kappa shape index (κ2) is 5.56. The molecule has 0 atom stereocenters. The van der Waals surface area contributed by atoms with Crippen LogP contribution in [0.3, 0.4) is 0 Å². The molecule has 0 fully saturated rings. The number of nitrogens with two attached hydrogens (primary N) is 1. The first kappa shape index (κ1) is 13.8. The number of pyridine rings is 1. The van der Waals surface area contributed by atoms with E-state index < -0.39 is 4.92 Å². The smallest absolute Gasteiger partial charge is 0.276 e. The van der Waals surface area contributed by atoms with Gasteiger partial charge >= 0.3 is 0 Å². The van der Waals surface area contributed by atoms with E-state index in [-0.39, 0.29) is 11.5 Å². The van der Waals surface area contributed by atoms with Crippen LogP contribution in [0.4, 0.5) is 23.0 Å². The monoisotopic (exact) mass is 272 g/mol. The fourth-order valence-corrected chi connectivity index (χ4v) is 1.89. The van der Waals surface area contributed by atoms with Gasteiger partial charge in [-0.3, -0.25) is 10.1 Å². The number of anilines is 3. The zero-order valence-corrected chi connectivity index (χ0v) is 11.4. The first-order chi connectivity index (χ1) is 9.51. The largest absolute Gasteiger partial charge is 0.383 e. The number of nitro groups is 1. The highest BCUT2D eigenvalue weighted by atomic mass is 16.6. The maximum Gasteiger partial charge on any atom is 0.276 e. The number of rotatable bonds is 4. The molecule has 0 aliphatic heterocycles. The maximum atomic E-state index is 10.9. The second-order valence-corrected chi connectivity index (χ2v) is 4.44. The minimum atomic E-state index is -0.477. The molecule has 6 nitrogen and oxygen atoms in total. The molecule has 0 unspecified atom stereocenters. The van der Waals surface area contributed by atoms with Crippen LogP contribution in [0.2, 0.25) is 0 Å². The molecule has 2 rings (SSSR count). The Kier molecular flexibility index (Phi) is 3.84. The Morgan fingerprint density at radius 2 is 1.95 bits per heavy atom. The first-order valence-electron chi connectivity index (χ1n) is 6.26. The van der Waals surface area contributed by atoms with Crippen molar-refractivity contribution in [1.29, 1.82) is 0 Å². The summed E-state index contributed by atoms with van der Waals surface area (Å²) in [5, 5.41) is 10.9. The van der Waals surface area contributed by atoms with Crippen LogP contribution in [-0.4, -0.2) is 17.0 Å². The molecule has 0 saturated heterocycles. The van der Waals surface area contributed by atoms with Crippen LogP contribution in [0.5, 0.6) is 0 Å². The van der Waals surface area contributed by atoms with Gasteiger partial charge < -0.3 is 10.6 Å². The highest BCUT2D eigenvalue weighted by molar-refractivity contribution is 5.63. The van der Waals surface area contributed by atoms with Gasteiger partial charge in [-0.2, -0.15) is 0 Å². The number of aromatic nitrogens is 1. The van der Waals surface area contributed by atoms with Gasteiger partial charge in [-0.15, -0.1) is 0 Å². The number of benzene rings is 1. The molecular formula is C14H16N4O2. The summed E-state index contributed by atoms with van der Waals surface area (Å²) in [5.41, 5.74) is 7.68. The molecular weight excluding hydrogens is 256 g/mol. The lowest BCUT2D eigenvalue weighted by molar-refractivity contribution is -0.384. The third-order valence-corrected chi connectivity index (χ3v) is 3.10. The van der Waals surface area contributed by atoms with Crippen molar-refractivity contribution in [3.05, 3.63) is 52.1 Å². The molecule has 0 saturated carbocycles. The maximum absolute atomic E-state index is 10.9. The van der Waals surface area contributed by atoms with Crippen molar-refractivity contribution in [2.75, 3.05) is 17.7 Å². The summed E-state index contributed by atoms with van der Waals surface area (Å²) in [4.78, 5) is 16.3. The molecule has 20 heavy (non-hydrogen) atoms. The number of aryl methyl sites for hydroxylation is 1. The summed E-state index contributed by atoms with van der Waals surface area (Å²) in [6.07, 6.45) is 0.964. The fourth-order valence-electron chi connectivity index (χ4n) is 1.89. The Morgan fingerprint density at radius 1 is 1.30 bits per heavy atom.